The third kappa shape index (κ3) is 347. The molecule has 0 heterocycles. The number of nitrogens with one attached hydrogen (secondary N) is 6. The van der Waals surface area contributed by atoms with Crippen LogP contribution >= 0.6 is 37.1 Å². The predicted molar refractivity (Wildman–Crippen MR) is 337 cm³/mol. The number of unbranched alkanes of at least 4 members (excludes halogenated alkanes) is 1. The lowest BCUT2D eigenvalue weighted by molar-refractivity contribution is -0.134. The lowest BCUT2D eigenvalue weighted by atomic mass is 10.00. The zero-order valence-electron chi connectivity index (χ0n) is 41.7. The zero-order chi connectivity index (χ0) is 53.6. The van der Waals surface area contributed by atoms with Crippen molar-refractivity contribution in [1.82, 2.24) is 31.9 Å². The van der Waals surface area contributed by atoms with Gasteiger partial charge in [-0.2, -0.15) is 0 Å². The number of ketones is 1. The van der Waals surface area contributed by atoms with E-state index in [-0.39, 0.29) is 109 Å². The standard InChI is InChI=1S/C10H20N2O4.C8H16N2O4.C4H8.C3H7NO.C3H7NS.C3H7N.C3H6O.C3H6S.C2H4O2.C2H4OS.10CH4/c1-7(5-6-11-9(13)15-3)8(2)12-10(14)16-4;1-6(10-8(13)14)4-2-3-5-9-7(11)12;1-4(2)3;2*1-3(5)4-2;3*1-3(2)4;2*1-2(3)4;;;;;;;;;;/h7-8H,5-6H2,1-4H3,(H,11,13)(H,12,14);6,9-10H,2-5H2,1H3,(H,11,12)(H,13,14);1H2,2-3H3;2*1-2H3,(H,4,5);1,4H2,2H3;2*1-2H3;2*1H3,(H,3,4);10*1H4. The highest BCUT2D eigenvalue weighted by molar-refractivity contribution is 7.96. The van der Waals surface area contributed by atoms with E-state index in [1.165, 1.54) is 47.5 Å². The first-order valence-corrected chi connectivity index (χ1v) is 20.6. The molecule has 3 atom stereocenters. The smallest absolute Gasteiger partial charge is 0.407 e. The van der Waals surface area contributed by atoms with Crippen molar-refractivity contribution >= 4 is 94.1 Å². The predicted octanol–water partition coefficient (Wildman–Crippen LogP) is 13.5. The molecule has 0 spiro atoms. The van der Waals surface area contributed by atoms with Crippen molar-refractivity contribution in [3.8, 4) is 0 Å². The molecule has 0 aliphatic heterocycles. The monoisotopic (exact) mass is 1140 g/mol. The molecule has 23 heteroatoms. The van der Waals surface area contributed by atoms with Crippen LogP contribution in [0.1, 0.15) is 197 Å². The van der Waals surface area contributed by atoms with Crippen LogP contribution in [0.2, 0.25) is 0 Å². The first-order chi connectivity index (χ1) is 29.0. The van der Waals surface area contributed by atoms with Gasteiger partial charge in [-0.1, -0.05) is 118 Å². The Morgan fingerprint density at radius 1 is 0.581 bits per heavy atom. The van der Waals surface area contributed by atoms with Crippen LogP contribution in [-0.2, 0) is 28.7 Å². The number of nitrogens with two attached hydrogens (primary N) is 1. The third-order valence-electron chi connectivity index (χ3n) is 4.85. The molecule has 0 aliphatic carbocycles. The number of thiocarbonyl (C=S) groups is 2. The minimum atomic E-state index is -1.03. The van der Waals surface area contributed by atoms with E-state index in [2.05, 4.69) is 91.6 Å². The zero-order valence-corrected chi connectivity index (χ0v) is 44.2. The minimum Gasteiger partial charge on any atom is -0.481 e. The molecular weight excluding hydrogens is 1010 g/mol. The molecule has 460 valence electrons. The number of carboxylic acids is 1. The van der Waals surface area contributed by atoms with Crippen LogP contribution in [0.25, 0.3) is 0 Å². The van der Waals surface area contributed by atoms with Crippen molar-refractivity contribution in [1.29, 1.82) is 0 Å². The van der Waals surface area contributed by atoms with Crippen molar-refractivity contribution in [3.63, 3.8) is 0 Å². The fourth-order valence-corrected chi connectivity index (χ4v) is 2.16. The highest BCUT2D eigenvalue weighted by atomic mass is 32.1. The van der Waals surface area contributed by atoms with E-state index in [1.54, 1.807) is 20.9 Å². The summed E-state index contributed by atoms with van der Waals surface area (Å²) in [6.45, 7) is 31.8. The maximum atomic E-state index is 10.9. The van der Waals surface area contributed by atoms with E-state index in [9.17, 15) is 33.6 Å². The molecule has 0 saturated carbocycles. The van der Waals surface area contributed by atoms with Crippen LogP contribution in [-0.4, -0.2) is 126 Å². The summed E-state index contributed by atoms with van der Waals surface area (Å²) in [5, 5.41) is 38.8. The van der Waals surface area contributed by atoms with Gasteiger partial charge < -0.3 is 67.2 Å². The molecular formula is C51H125N7O13S3. The van der Waals surface area contributed by atoms with Gasteiger partial charge in [0.2, 0.25) is 5.91 Å². The average Bonchev–Trinajstić information content (AvgIpc) is 3.10. The Morgan fingerprint density at radius 2 is 0.851 bits per heavy atom. The first kappa shape index (κ1) is 133. The molecule has 0 aromatic heterocycles. The van der Waals surface area contributed by atoms with Gasteiger partial charge in [0.05, 0.1) is 19.2 Å². The number of amides is 5. The van der Waals surface area contributed by atoms with Gasteiger partial charge in [0.25, 0.3) is 5.97 Å². The van der Waals surface area contributed by atoms with Gasteiger partial charge >= 0.3 is 24.4 Å². The number of carboxylic acid groups (broad SMARTS) is 3. The van der Waals surface area contributed by atoms with E-state index in [1.807, 2.05) is 55.5 Å². The fourth-order valence-electron chi connectivity index (χ4n) is 2.16. The van der Waals surface area contributed by atoms with Gasteiger partial charge in [-0.25, -0.2) is 19.2 Å². The second kappa shape index (κ2) is 105. The molecule has 0 aromatic rings. The summed E-state index contributed by atoms with van der Waals surface area (Å²) in [4.78, 5) is 81.2. The van der Waals surface area contributed by atoms with Gasteiger partial charge in [-0.05, 0) is 111 Å². The molecule has 20 nitrogen and oxygen atoms in total. The second-order valence-corrected chi connectivity index (χ2v) is 15.3. The number of rotatable bonds is 11. The largest absolute Gasteiger partial charge is 0.481 e. The summed E-state index contributed by atoms with van der Waals surface area (Å²) in [7, 11) is 6.05. The first-order valence-electron chi connectivity index (χ1n) is 19.3. The van der Waals surface area contributed by atoms with Crippen molar-refractivity contribution < 1.29 is 63.1 Å². The van der Waals surface area contributed by atoms with E-state index >= 15 is 0 Å². The maximum absolute atomic E-state index is 10.9. The Morgan fingerprint density at radius 3 is 1.05 bits per heavy atom. The van der Waals surface area contributed by atoms with Gasteiger partial charge in [0.15, 0.2) is 5.12 Å². The van der Waals surface area contributed by atoms with Crippen LogP contribution in [0.5, 0.6) is 0 Å². The number of alkyl carbamates (subject to hydrolysis) is 2. The van der Waals surface area contributed by atoms with Crippen LogP contribution in [0, 0.1) is 5.92 Å². The van der Waals surface area contributed by atoms with E-state index in [0.29, 0.717) is 25.2 Å². The second-order valence-electron chi connectivity index (χ2n) is 13.2. The summed E-state index contributed by atoms with van der Waals surface area (Å²) in [5.74, 6) is -0.429. The Kier molecular flexibility index (Phi) is 188. The minimum absolute atomic E-state index is 0. The lowest BCUT2D eigenvalue weighted by Gasteiger charge is -2.20. The summed E-state index contributed by atoms with van der Waals surface area (Å²) in [5.41, 5.74) is 6.75. The highest BCUT2D eigenvalue weighted by Gasteiger charge is 2.15. The van der Waals surface area contributed by atoms with Crippen LogP contribution in [0.4, 0.5) is 19.2 Å². The Balaban J connectivity index is -0.0000000255. The molecule has 0 bridgehead atoms. The molecule has 5 amide bonds. The molecule has 74 heavy (non-hydrogen) atoms. The molecule has 3 unspecified atom stereocenters. The number of carbonyl (C=O) groups is 8. The summed E-state index contributed by atoms with van der Waals surface area (Å²) >= 11 is 12.4. The van der Waals surface area contributed by atoms with Gasteiger partial charge in [0, 0.05) is 60.0 Å². The quantitative estimate of drug-likeness (QED) is 0.0396. The fraction of sp³-hybridized carbons (Fsp3) is 0.725. The normalized spacial score (nSPS) is 8.15. The number of allylic oxidation sites excluding steroid dienone is 2. The molecule has 0 aliphatic rings. The number of hydrogen-bond donors (Lipinski definition) is 11. The number of hydrogen-bond acceptors (Lipinski definition) is 13. The van der Waals surface area contributed by atoms with Gasteiger partial charge in [-0.3, -0.25) is 14.4 Å². The Labute approximate surface area is 473 Å². The molecule has 0 radical (unpaired) electrons. The highest BCUT2D eigenvalue weighted by Crippen LogP contribution is 2.07. The average molecular weight is 1140 g/mol. The molecule has 0 saturated heterocycles. The topological polar surface area (TPSA) is 314 Å². The van der Waals surface area contributed by atoms with Crippen molar-refractivity contribution in [3.05, 3.63) is 24.4 Å². The number of methoxy groups -OCH3 is 2. The van der Waals surface area contributed by atoms with Gasteiger partial charge in [0.1, 0.15) is 5.78 Å². The molecule has 0 fully saturated rings. The number of ether oxygens (including phenoxy) is 2. The number of thiol groups is 1. The summed E-state index contributed by atoms with van der Waals surface area (Å²) in [6.07, 6.45) is 0.0389. The number of aliphatic carboxylic acids is 1. The van der Waals surface area contributed by atoms with Crippen molar-refractivity contribution in [2.45, 2.75) is 209 Å². The number of carbonyl (C=O) groups excluding carboxylic acids is 5. The number of Topliss-reactive ketones (excluding diaryl/α,β-unsaturated/α-hetero) is 1. The summed E-state index contributed by atoms with van der Waals surface area (Å²) in [6, 6.07) is -0.0933. The molecule has 0 rings (SSSR count). The SMILES string of the molecule is C.C.C.C.C.C.C.C.C.C.C=C(C)C.C=C(C)N.CC(=O)O.CC(=O)S.CC(C)=O.CC(C)=S.CC(CCCCNC(=O)O)NC(=O)O.CNC(C)=O.CNC(C)=S.COC(=O)NCCC(C)C(C)NC(=O)OC. The molecule has 11 N–H and O–H groups in total. The lowest BCUT2D eigenvalue weighted by Crippen LogP contribution is -2.38. The third-order valence-corrected chi connectivity index (χ3v) is 5.06. The van der Waals surface area contributed by atoms with Crippen LogP contribution < -0.4 is 37.6 Å². The van der Waals surface area contributed by atoms with E-state index in [0.717, 1.165) is 36.0 Å². The van der Waals surface area contributed by atoms with Crippen LogP contribution in [0.15, 0.2) is 24.4 Å². The van der Waals surface area contributed by atoms with Gasteiger partial charge in [-0.15, -0.1) is 19.2 Å². The van der Waals surface area contributed by atoms with Crippen molar-refractivity contribution in [2.75, 3.05) is 41.4 Å². The molecule has 0 aromatic carbocycles. The van der Waals surface area contributed by atoms with E-state index < -0.39 is 30.3 Å². The maximum Gasteiger partial charge on any atom is 0.407 e. The Bertz CT molecular complexity index is 1170. The van der Waals surface area contributed by atoms with Crippen molar-refractivity contribution in [2.24, 2.45) is 11.7 Å². The Hall–Kier alpha value is -5.03. The van der Waals surface area contributed by atoms with E-state index in [4.69, 9.17) is 25.8 Å². The van der Waals surface area contributed by atoms with Crippen LogP contribution in [0.3, 0.4) is 0 Å². The summed E-state index contributed by atoms with van der Waals surface area (Å²) < 4.78 is 8.93.